The van der Waals surface area contributed by atoms with Crippen molar-refractivity contribution in [1.82, 2.24) is 15.0 Å². The largest absolute Gasteiger partial charge is 0.491 e. The smallest absolute Gasteiger partial charge is 0.336 e. The zero-order valence-corrected chi connectivity index (χ0v) is 19.0. The first kappa shape index (κ1) is 22.2. The molecular formula is C25H22ClN3O5. The van der Waals surface area contributed by atoms with Gasteiger partial charge >= 0.3 is 12.0 Å². The van der Waals surface area contributed by atoms with Crippen LogP contribution in [0.2, 0.25) is 5.02 Å². The van der Waals surface area contributed by atoms with Crippen LogP contribution in [-0.2, 0) is 0 Å². The van der Waals surface area contributed by atoms with Gasteiger partial charge in [0, 0.05) is 5.56 Å². The number of pyridine rings is 1. The Morgan fingerprint density at radius 3 is 2.59 bits per heavy atom. The highest BCUT2D eigenvalue weighted by Crippen LogP contribution is 2.34. The van der Waals surface area contributed by atoms with Crippen LogP contribution in [0.1, 0.15) is 28.8 Å². The summed E-state index contributed by atoms with van der Waals surface area (Å²) in [4.78, 5) is 23.3. The van der Waals surface area contributed by atoms with E-state index in [2.05, 4.69) is 15.0 Å². The maximum atomic E-state index is 11.4. The molecule has 1 fully saturated rings. The van der Waals surface area contributed by atoms with E-state index in [1.807, 2.05) is 24.3 Å². The first-order valence-corrected chi connectivity index (χ1v) is 11.2. The van der Waals surface area contributed by atoms with Gasteiger partial charge in [-0.2, -0.15) is 4.98 Å². The summed E-state index contributed by atoms with van der Waals surface area (Å²) in [6.45, 7) is 2.00. The van der Waals surface area contributed by atoms with Crippen molar-refractivity contribution in [3.63, 3.8) is 0 Å². The van der Waals surface area contributed by atoms with Crippen molar-refractivity contribution in [2.75, 3.05) is 6.61 Å². The average Bonchev–Trinajstić information content (AvgIpc) is 3.60. The number of nitrogens with zero attached hydrogens (tertiary/aromatic N) is 2. The van der Waals surface area contributed by atoms with Crippen molar-refractivity contribution in [3.8, 4) is 28.8 Å². The Balaban J connectivity index is 1.35. The van der Waals surface area contributed by atoms with Crippen molar-refractivity contribution in [3.05, 3.63) is 64.7 Å². The number of fused-ring (bicyclic) bond motifs is 1. The highest BCUT2D eigenvalue weighted by atomic mass is 35.5. The summed E-state index contributed by atoms with van der Waals surface area (Å²) in [7, 11) is 0. The van der Waals surface area contributed by atoms with Crippen LogP contribution in [0.15, 0.2) is 48.5 Å². The van der Waals surface area contributed by atoms with E-state index in [4.69, 9.17) is 21.1 Å². The van der Waals surface area contributed by atoms with Gasteiger partial charge in [-0.15, -0.1) is 0 Å². The highest BCUT2D eigenvalue weighted by molar-refractivity contribution is 6.33. The molecule has 1 aliphatic carbocycles. The van der Waals surface area contributed by atoms with E-state index in [0.717, 1.165) is 18.4 Å². The molecule has 2 aromatic heterocycles. The molecule has 5 rings (SSSR count). The lowest BCUT2D eigenvalue weighted by Crippen LogP contribution is -2.19. The van der Waals surface area contributed by atoms with Crippen LogP contribution < -0.4 is 9.47 Å². The molecule has 2 aromatic carbocycles. The fourth-order valence-electron chi connectivity index (χ4n) is 3.66. The lowest BCUT2D eigenvalue weighted by Gasteiger charge is -2.11. The number of carbonyl (C=O) groups is 1. The van der Waals surface area contributed by atoms with E-state index in [0.29, 0.717) is 44.9 Å². The van der Waals surface area contributed by atoms with Crippen molar-refractivity contribution in [2.45, 2.75) is 25.9 Å². The molecule has 1 unspecified atom stereocenters. The van der Waals surface area contributed by atoms with Crippen LogP contribution >= 0.6 is 11.6 Å². The zero-order chi connectivity index (χ0) is 23.8. The summed E-state index contributed by atoms with van der Waals surface area (Å²) in [5, 5.41) is 19.7. The van der Waals surface area contributed by atoms with Gasteiger partial charge in [-0.3, -0.25) is 0 Å². The molecule has 0 bridgehead atoms. The summed E-state index contributed by atoms with van der Waals surface area (Å²) >= 11 is 6.48. The van der Waals surface area contributed by atoms with Gasteiger partial charge in [0.1, 0.15) is 18.1 Å². The molecule has 0 spiro atoms. The fourth-order valence-corrected chi connectivity index (χ4v) is 3.92. The third-order valence-electron chi connectivity index (χ3n) is 5.77. The van der Waals surface area contributed by atoms with Gasteiger partial charge in [0.05, 0.1) is 27.9 Å². The third-order valence-corrected chi connectivity index (χ3v) is 6.06. The third kappa shape index (κ3) is 4.69. The second-order valence-electron chi connectivity index (χ2n) is 8.36. The Bertz CT molecular complexity index is 1370. The van der Waals surface area contributed by atoms with E-state index in [9.17, 15) is 15.0 Å². The molecule has 1 atom stereocenters. The van der Waals surface area contributed by atoms with Crippen molar-refractivity contribution in [1.29, 1.82) is 0 Å². The molecule has 34 heavy (non-hydrogen) atoms. The van der Waals surface area contributed by atoms with Gasteiger partial charge in [-0.25, -0.2) is 9.78 Å². The Labute approximate surface area is 200 Å². The molecule has 0 aliphatic heterocycles. The van der Waals surface area contributed by atoms with Crippen LogP contribution in [0.5, 0.6) is 17.5 Å². The van der Waals surface area contributed by atoms with Gasteiger partial charge in [0.2, 0.25) is 0 Å². The van der Waals surface area contributed by atoms with Crippen molar-refractivity contribution >= 4 is 28.7 Å². The number of nitrogens with one attached hydrogen (secondary N) is 1. The van der Waals surface area contributed by atoms with Gasteiger partial charge in [0.15, 0.2) is 5.65 Å². The summed E-state index contributed by atoms with van der Waals surface area (Å²) in [5.74, 6) is 0.341. The molecule has 1 aliphatic rings. The van der Waals surface area contributed by atoms with Crippen LogP contribution in [0, 0.1) is 12.8 Å². The molecule has 0 radical (unpaired) electrons. The minimum absolute atomic E-state index is 0.159. The Morgan fingerprint density at radius 1 is 1.15 bits per heavy atom. The van der Waals surface area contributed by atoms with Gasteiger partial charge in [-0.05, 0) is 73.7 Å². The van der Waals surface area contributed by atoms with Crippen LogP contribution in [0.3, 0.4) is 0 Å². The summed E-state index contributed by atoms with van der Waals surface area (Å²) in [6, 6.07) is 14.0. The lowest BCUT2D eigenvalue weighted by atomic mass is 10.1. The SMILES string of the molecule is Cc1ccc(Oc2nc3nc(-c4ccc(OCC(O)C5CC5)cc4)c(Cl)cc3[nH]2)cc1C(=O)O. The molecule has 4 aromatic rings. The number of rotatable bonds is 8. The fraction of sp³-hybridized carbons (Fsp3) is 0.240. The van der Waals surface area contributed by atoms with Gasteiger partial charge < -0.3 is 24.7 Å². The molecule has 1 saturated carbocycles. The number of benzene rings is 2. The molecule has 8 nitrogen and oxygen atoms in total. The second-order valence-corrected chi connectivity index (χ2v) is 8.76. The maximum absolute atomic E-state index is 11.4. The van der Waals surface area contributed by atoms with Crippen molar-refractivity contribution < 1.29 is 24.5 Å². The first-order chi connectivity index (χ1) is 16.4. The number of aliphatic hydroxyl groups is 1. The predicted octanol–water partition coefficient (Wildman–Crippen LogP) is 5.23. The Hall–Kier alpha value is -3.62. The Morgan fingerprint density at radius 2 is 1.88 bits per heavy atom. The quantitative estimate of drug-likeness (QED) is 0.317. The number of carboxylic acids is 1. The number of aromatic carboxylic acids is 1. The molecule has 3 N–H and O–H groups in total. The topological polar surface area (TPSA) is 118 Å². The molecule has 174 valence electrons. The van der Waals surface area contributed by atoms with Crippen LogP contribution in [0.4, 0.5) is 0 Å². The van der Waals surface area contributed by atoms with Gasteiger partial charge in [-0.1, -0.05) is 17.7 Å². The van der Waals surface area contributed by atoms with Crippen LogP contribution in [-0.4, -0.2) is 43.8 Å². The average molecular weight is 480 g/mol. The van der Waals surface area contributed by atoms with E-state index in [1.165, 1.54) is 6.07 Å². The monoisotopic (exact) mass is 479 g/mol. The molecule has 0 amide bonds. The predicted molar refractivity (Wildman–Crippen MR) is 127 cm³/mol. The standard InChI is InChI=1S/C25H22ClN3O5/c1-13-2-7-17(10-18(13)24(31)32)34-25-27-20-11-19(26)22(28-23(20)29-25)15-5-8-16(9-6-15)33-12-21(30)14-3-4-14/h2,5-11,14,21,30H,3-4,12H2,1H3,(H,31,32)(H,27,28,29). The number of ether oxygens (including phenoxy) is 2. The normalized spacial score (nSPS) is 14.2. The summed E-state index contributed by atoms with van der Waals surface area (Å²) in [5.41, 5.74) is 3.14. The van der Waals surface area contributed by atoms with E-state index in [1.54, 1.807) is 25.1 Å². The first-order valence-electron chi connectivity index (χ1n) is 10.9. The minimum atomic E-state index is -1.03. The zero-order valence-electron chi connectivity index (χ0n) is 18.3. The molecule has 0 saturated heterocycles. The molecule has 9 heteroatoms. The molecular weight excluding hydrogens is 458 g/mol. The number of aliphatic hydroxyl groups excluding tert-OH is 1. The summed E-state index contributed by atoms with van der Waals surface area (Å²) < 4.78 is 11.4. The highest BCUT2D eigenvalue weighted by Gasteiger charge is 2.30. The Kier molecular flexibility index (Phi) is 5.85. The summed E-state index contributed by atoms with van der Waals surface area (Å²) in [6.07, 6.45) is 1.69. The number of hydrogen-bond donors (Lipinski definition) is 3. The number of halogens is 1. The lowest BCUT2D eigenvalue weighted by molar-refractivity contribution is 0.0695. The van der Waals surface area contributed by atoms with E-state index in [-0.39, 0.29) is 18.2 Å². The number of carboxylic acid groups (broad SMARTS) is 1. The maximum Gasteiger partial charge on any atom is 0.336 e. The van der Waals surface area contributed by atoms with Crippen molar-refractivity contribution in [2.24, 2.45) is 5.92 Å². The second kappa shape index (κ2) is 8.96. The number of aromatic nitrogens is 3. The van der Waals surface area contributed by atoms with E-state index < -0.39 is 12.1 Å². The van der Waals surface area contributed by atoms with E-state index >= 15 is 0 Å². The number of imidazole rings is 1. The number of H-pyrrole nitrogens is 1. The van der Waals surface area contributed by atoms with Gasteiger partial charge in [0.25, 0.3) is 0 Å². The minimum Gasteiger partial charge on any atom is -0.491 e. The molecule has 2 heterocycles. The number of aromatic amines is 1. The number of aryl methyl sites for hydroxylation is 1. The van der Waals surface area contributed by atoms with Crippen LogP contribution in [0.25, 0.3) is 22.4 Å². The number of hydrogen-bond acceptors (Lipinski definition) is 6.